The molecule has 0 radical (unpaired) electrons. The highest BCUT2D eigenvalue weighted by Crippen LogP contribution is 2.13. The molecule has 0 fully saturated rings. The molecule has 0 spiro atoms. The summed E-state index contributed by atoms with van der Waals surface area (Å²) >= 11 is 0. The molecule has 8 heteroatoms. The first-order chi connectivity index (χ1) is 10.7. The molecule has 0 heterocycles. The van der Waals surface area contributed by atoms with E-state index in [0.29, 0.717) is 11.4 Å². The van der Waals surface area contributed by atoms with Crippen LogP contribution in [0.4, 0.5) is 11.4 Å². The van der Waals surface area contributed by atoms with Crippen molar-refractivity contribution in [2.45, 2.75) is 19.4 Å². The maximum absolute atomic E-state index is 11.7. The molecule has 3 amide bonds. The van der Waals surface area contributed by atoms with Gasteiger partial charge in [0.05, 0.1) is 6.61 Å². The molecule has 1 atom stereocenters. The van der Waals surface area contributed by atoms with Crippen LogP contribution in [0.5, 0.6) is 0 Å². The standard InChI is InChI=1S/C15H21N3O5/c1-10(19)17-11-4-6-12(7-5-11)18-14(21)13(20)16-8-15(2,22)9-23-3/h4-7,22H,8-9H2,1-3H3,(H,16,20)(H,17,19)(H,18,21). The first-order valence-electron chi connectivity index (χ1n) is 6.91. The summed E-state index contributed by atoms with van der Waals surface area (Å²) in [4.78, 5) is 34.3. The van der Waals surface area contributed by atoms with Crippen LogP contribution in [0, 0.1) is 0 Å². The number of carbonyl (C=O) groups is 3. The quantitative estimate of drug-likeness (QED) is 0.554. The summed E-state index contributed by atoms with van der Waals surface area (Å²) in [6.45, 7) is 2.78. The zero-order chi connectivity index (χ0) is 17.5. The Balaban J connectivity index is 2.52. The van der Waals surface area contributed by atoms with Crippen LogP contribution in [0.15, 0.2) is 24.3 Å². The van der Waals surface area contributed by atoms with E-state index in [1.165, 1.54) is 21.0 Å². The predicted molar refractivity (Wildman–Crippen MR) is 84.9 cm³/mol. The minimum atomic E-state index is -1.26. The number of benzene rings is 1. The van der Waals surface area contributed by atoms with E-state index in [2.05, 4.69) is 16.0 Å². The largest absolute Gasteiger partial charge is 0.386 e. The van der Waals surface area contributed by atoms with Gasteiger partial charge in [0.15, 0.2) is 0 Å². The Morgan fingerprint density at radius 3 is 2.09 bits per heavy atom. The van der Waals surface area contributed by atoms with Crippen LogP contribution in [0.1, 0.15) is 13.8 Å². The molecule has 23 heavy (non-hydrogen) atoms. The van der Waals surface area contributed by atoms with E-state index < -0.39 is 17.4 Å². The number of anilines is 2. The van der Waals surface area contributed by atoms with Crippen molar-refractivity contribution in [3.05, 3.63) is 24.3 Å². The van der Waals surface area contributed by atoms with Gasteiger partial charge in [0.1, 0.15) is 5.60 Å². The van der Waals surface area contributed by atoms with Gasteiger partial charge in [0.2, 0.25) is 5.91 Å². The zero-order valence-electron chi connectivity index (χ0n) is 13.3. The summed E-state index contributed by atoms with van der Waals surface area (Å²) in [6, 6.07) is 6.30. The van der Waals surface area contributed by atoms with E-state index in [1.807, 2.05) is 0 Å². The SMILES string of the molecule is COCC(C)(O)CNC(=O)C(=O)Nc1ccc(NC(C)=O)cc1. The lowest BCUT2D eigenvalue weighted by molar-refractivity contribution is -0.137. The minimum absolute atomic E-state index is 0.0273. The van der Waals surface area contributed by atoms with Crippen LogP contribution in [0.25, 0.3) is 0 Å². The third kappa shape index (κ3) is 6.90. The molecule has 8 nitrogen and oxygen atoms in total. The summed E-state index contributed by atoms with van der Waals surface area (Å²) in [5, 5.41) is 17.2. The van der Waals surface area contributed by atoms with E-state index in [0.717, 1.165) is 0 Å². The summed E-state index contributed by atoms with van der Waals surface area (Å²) in [5.74, 6) is -1.93. The fourth-order valence-electron chi connectivity index (χ4n) is 1.74. The maximum Gasteiger partial charge on any atom is 0.313 e. The number of carbonyl (C=O) groups excluding carboxylic acids is 3. The molecular weight excluding hydrogens is 302 g/mol. The predicted octanol–water partition coefficient (Wildman–Crippen LogP) is 0.0971. The first-order valence-corrected chi connectivity index (χ1v) is 6.91. The Kier molecular flexibility index (Phi) is 6.67. The summed E-state index contributed by atoms with van der Waals surface area (Å²) in [6.07, 6.45) is 0. The van der Waals surface area contributed by atoms with Crippen molar-refractivity contribution in [1.82, 2.24) is 5.32 Å². The number of ether oxygens (including phenoxy) is 1. The molecule has 0 aliphatic carbocycles. The Bertz CT molecular complexity index is 569. The van der Waals surface area contributed by atoms with Crippen LogP contribution in [0.3, 0.4) is 0 Å². The molecule has 0 aromatic heterocycles. The fraction of sp³-hybridized carbons (Fsp3) is 0.400. The summed E-state index contributed by atoms with van der Waals surface area (Å²) < 4.78 is 4.80. The Morgan fingerprint density at radius 1 is 1.09 bits per heavy atom. The highest BCUT2D eigenvalue weighted by molar-refractivity contribution is 6.39. The third-order valence-corrected chi connectivity index (χ3v) is 2.75. The number of rotatable bonds is 6. The number of amides is 3. The second-order valence-corrected chi connectivity index (χ2v) is 5.33. The lowest BCUT2D eigenvalue weighted by atomic mass is 10.1. The van der Waals surface area contributed by atoms with E-state index in [9.17, 15) is 19.5 Å². The molecule has 1 aromatic carbocycles. The van der Waals surface area contributed by atoms with Crippen LogP contribution >= 0.6 is 0 Å². The molecule has 0 bridgehead atoms. The molecule has 1 rings (SSSR count). The van der Waals surface area contributed by atoms with Crippen molar-refractivity contribution in [3.8, 4) is 0 Å². The number of hydrogen-bond donors (Lipinski definition) is 4. The molecule has 0 saturated heterocycles. The molecular formula is C15H21N3O5. The van der Waals surface area contributed by atoms with Gasteiger partial charge >= 0.3 is 11.8 Å². The van der Waals surface area contributed by atoms with Gasteiger partial charge in [-0.2, -0.15) is 0 Å². The van der Waals surface area contributed by atoms with Gasteiger partial charge < -0.3 is 25.8 Å². The molecule has 4 N–H and O–H groups in total. The van der Waals surface area contributed by atoms with Crippen LogP contribution in [-0.2, 0) is 19.1 Å². The van der Waals surface area contributed by atoms with Crippen molar-refractivity contribution < 1.29 is 24.2 Å². The van der Waals surface area contributed by atoms with Crippen molar-refractivity contribution in [2.75, 3.05) is 30.9 Å². The molecule has 0 aliphatic rings. The van der Waals surface area contributed by atoms with Gasteiger partial charge in [-0.15, -0.1) is 0 Å². The molecule has 0 saturated carbocycles. The van der Waals surface area contributed by atoms with Crippen molar-refractivity contribution in [2.24, 2.45) is 0 Å². The van der Waals surface area contributed by atoms with Gasteiger partial charge in [-0.05, 0) is 31.2 Å². The lowest BCUT2D eigenvalue weighted by Gasteiger charge is -2.22. The van der Waals surface area contributed by atoms with Gasteiger partial charge in [-0.25, -0.2) is 0 Å². The molecule has 1 aromatic rings. The minimum Gasteiger partial charge on any atom is -0.386 e. The van der Waals surface area contributed by atoms with Gasteiger partial charge in [-0.1, -0.05) is 0 Å². The highest BCUT2D eigenvalue weighted by atomic mass is 16.5. The second-order valence-electron chi connectivity index (χ2n) is 5.33. The number of nitrogens with one attached hydrogen (secondary N) is 3. The highest BCUT2D eigenvalue weighted by Gasteiger charge is 2.23. The molecule has 1 unspecified atom stereocenters. The van der Waals surface area contributed by atoms with E-state index in [-0.39, 0.29) is 19.1 Å². The topological polar surface area (TPSA) is 117 Å². The van der Waals surface area contributed by atoms with Crippen LogP contribution < -0.4 is 16.0 Å². The Labute approximate surface area is 134 Å². The average Bonchev–Trinajstić information content (AvgIpc) is 2.46. The van der Waals surface area contributed by atoms with Gasteiger partial charge in [0, 0.05) is 32.0 Å². The smallest absolute Gasteiger partial charge is 0.313 e. The number of methoxy groups -OCH3 is 1. The van der Waals surface area contributed by atoms with E-state index >= 15 is 0 Å². The van der Waals surface area contributed by atoms with Crippen molar-refractivity contribution >= 4 is 29.1 Å². The van der Waals surface area contributed by atoms with E-state index in [4.69, 9.17) is 4.74 Å². The van der Waals surface area contributed by atoms with Crippen molar-refractivity contribution in [1.29, 1.82) is 0 Å². The lowest BCUT2D eigenvalue weighted by Crippen LogP contribution is -2.46. The van der Waals surface area contributed by atoms with Crippen LogP contribution in [0.2, 0.25) is 0 Å². The second kappa shape index (κ2) is 8.25. The number of hydrogen-bond acceptors (Lipinski definition) is 5. The third-order valence-electron chi connectivity index (χ3n) is 2.75. The maximum atomic E-state index is 11.7. The molecule has 126 valence electrons. The summed E-state index contributed by atoms with van der Waals surface area (Å²) in [7, 11) is 1.42. The Hall–Kier alpha value is -2.45. The zero-order valence-corrected chi connectivity index (χ0v) is 13.3. The van der Waals surface area contributed by atoms with Crippen LogP contribution in [-0.4, -0.2) is 48.7 Å². The number of aliphatic hydroxyl groups is 1. The first kappa shape index (κ1) is 18.6. The average molecular weight is 323 g/mol. The normalized spacial score (nSPS) is 12.9. The Morgan fingerprint density at radius 2 is 1.61 bits per heavy atom. The van der Waals surface area contributed by atoms with E-state index in [1.54, 1.807) is 24.3 Å². The molecule has 0 aliphatic heterocycles. The van der Waals surface area contributed by atoms with Crippen molar-refractivity contribution in [3.63, 3.8) is 0 Å². The van der Waals surface area contributed by atoms with Gasteiger partial charge in [-0.3, -0.25) is 14.4 Å². The fourth-order valence-corrected chi connectivity index (χ4v) is 1.74. The summed E-state index contributed by atoms with van der Waals surface area (Å²) in [5.41, 5.74) is -0.275. The monoisotopic (exact) mass is 323 g/mol. The van der Waals surface area contributed by atoms with Gasteiger partial charge in [0.25, 0.3) is 0 Å².